The second-order valence-corrected chi connectivity index (χ2v) is 8.49. The van der Waals surface area contributed by atoms with Gasteiger partial charge in [-0.1, -0.05) is 26.7 Å². The van der Waals surface area contributed by atoms with E-state index in [9.17, 15) is 8.42 Å². The van der Waals surface area contributed by atoms with Gasteiger partial charge in [-0.05, 0) is 51.4 Å². The van der Waals surface area contributed by atoms with E-state index >= 15 is 0 Å². The van der Waals surface area contributed by atoms with Gasteiger partial charge in [0, 0.05) is 10.9 Å². The summed E-state index contributed by atoms with van der Waals surface area (Å²) in [7, 11) is -3.36. The number of nitrogens with one attached hydrogen (secondary N) is 2. The molecule has 122 valence electrons. The molecule has 4 nitrogen and oxygen atoms in total. The zero-order valence-corrected chi connectivity index (χ0v) is 14.9. The molecule has 0 aliphatic carbocycles. The summed E-state index contributed by atoms with van der Waals surface area (Å²) in [5.74, 6) is 0. The zero-order valence-electron chi connectivity index (χ0n) is 13.3. The normalized spacial score (nSPS) is 13.5. The average Bonchev–Trinajstić information content (AvgIpc) is 2.90. The van der Waals surface area contributed by atoms with Gasteiger partial charge < -0.3 is 5.32 Å². The van der Waals surface area contributed by atoms with Crippen molar-refractivity contribution in [3.8, 4) is 0 Å². The van der Waals surface area contributed by atoms with Gasteiger partial charge in [0.25, 0.3) is 0 Å². The van der Waals surface area contributed by atoms with Crippen LogP contribution < -0.4 is 10.0 Å². The topological polar surface area (TPSA) is 58.2 Å². The number of hydrogen-bond acceptors (Lipinski definition) is 4. The van der Waals surface area contributed by atoms with Crippen LogP contribution in [0.2, 0.25) is 0 Å². The first-order valence-electron chi connectivity index (χ1n) is 7.81. The van der Waals surface area contributed by atoms with Crippen LogP contribution in [0.25, 0.3) is 0 Å². The molecule has 0 aliphatic rings. The minimum absolute atomic E-state index is 0.00767. The minimum atomic E-state index is -3.36. The van der Waals surface area contributed by atoms with Crippen molar-refractivity contribution in [3.05, 3.63) is 17.0 Å². The lowest BCUT2D eigenvalue weighted by Crippen LogP contribution is -2.32. The first-order valence-corrected chi connectivity index (χ1v) is 10.1. The summed E-state index contributed by atoms with van der Waals surface area (Å²) in [6.45, 7) is 8.07. The van der Waals surface area contributed by atoms with Crippen LogP contribution in [0.4, 0.5) is 0 Å². The third kappa shape index (κ3) is 6.91. The number of unbranched alkanes of at least 4 members (excludes halogenated alkanes) is 1. The third-order valence-electron chi connectivity index (χ3n) is 3.22. The Kier molecular flexibility index (Phi) is 8.48. The van der Waals surface area contributed by atoms with Crippen LogP contribution in [-0.4, -0.2) is 27.5 Å². The maximum absolute atomic E-state index is 12.3. The minimum Gasteiger partial charge on any atom is -0.316 e. The summed E-state index contributed by atoms with van der Waals surface area (Å²) in [4.78, 5) is 1.11. The van der Waals surface area contributed by atoms with Crippen LogP contribution >= 0.6 is 11.3 Å². The Morgan fingerprint density at radius 2 is 1.95 bits per heavy atom. The molecule has 0 fully saturated rings. The Balaban J connectivity index is 2.53. The summed E-state index contributed by atoms with van der Waals surface area (Å²) in [5.41, 5.74) is 0. The Morgan fingerprint density at radius 1 is 1.19 bits per heavy atom. The highest BCUT2D eigenvalue weighted by Crippen LogP contribution is 2.22. The number of thiophene rings is 1. The smallest absolute Gasteiger partial charge is 0.250 e. The number of sulfonamides is 1. The van der Waals surface area contributed by atoms with Gasteiger partial charge >= 0.3 is 0 Å². The Hall–Kier alpha value is -0.430. The Labute approximate surface area is 133 Å². The van der Waals surface area contributed by atoms with Gasteiger partial charge in [-0.15, -0.1) is 11.3 Å². The van der Waals surface area contributed by atoms with Crippen LogP contribution in [0.1, 0.15) is 51.3 Å². The van der Waals surface area contributed by atoms with E-state index < -0.39 is 10.0 Å². The van der Waals surface area contributed by atoms with E-state index in [4.69, 9.17) is 0 Å². The highest BCUT2D eigenvalue weighted by Gasteiger charge is 2.19. The molecule has 1 rings (SSSR count). The fourth-order valence-electron chi connectivity index (χ4n) is 2.04. The van der Waals surface area contributed by atoms with Crippen molar-refractivity contribution < 1.29 is 8.42 Å². The molecule has 1 heterocycles. The molecule has 0 amide bonds. The fraction of sp³-hybridized carbons (Fsp3) is 0.733. The van der Waals surface area contributed by atoms with Crippen LogP contribution in [0, 0.1) is 0 Å². The first kappa shape index (κ1) is 18.6. The molecule has 21 heavy (non-hydrogen) atoms. The molecular weight excluding hydrogens is 304 g/mol. The van der Waals surface area contributed by atoms with Gasteiger partial charge in [0.1, 0.15) is 4.21 Å². The predicted octanol–water partition coefficient (Wildman–Crippen LogP) is 3.15. The van der Waals surface area contributed by atoms with Crippen molar-refractivity contribution in [2.75, 3.05) is 13.1 Å². The third-order valence-corrected chi connectivity index (χ3v) is 6.45. The summed E-state index contributed by atoms with van der Waals surface area (Å²) >= 11 is 1.37. The monoisotopic (exact) mass is 332 g/mol. The van der Waals surface area contributed by atoms with Crippen molar-refractivity contribution in [2.45, 2.75) is 63.1 Å². The lowest BCUT2D eigenvalue weighted by Gasteiger charge is -2.12. The molecule has 1 atom stereocenters. The Morgan fingerprint density at radius 3 is 2.62 bits per heavy atom. The van der Waals surface area contributed by atoms with Gasteiger partial charge in [-0.2, -0.15) is 0 Å². The van der Waals surface area contributed by atoms with E-state index in [-0.39, 0.29) is 6.04 Å². The molecule has 1 aromatic heterocycles. The lowest BCUT2D eigenvalue weighted by atomic mass is 10.2. The first-order chi connectivity index (χ1) is 9.99. The largest absolute Gasteiger partial charge is 0.316 e. The maximum Gasteiger partial charge on any atom is 0.250 e. The molecular formula is C15H28N2O2S2. The number of hydrogen-bond donors (Lipinski definition) is 2. The van der Waals surface area contributed by atoms with Crippen molar-refractivity contribution in [1.82, 2.24) is 10.0 Å². The molecule has 1 aromatic rings. The molecule has 0 aromatic carbocycles. The van der Waals surface area contributed by atoms with E-state index in [0.29, 0.717) is 4.21 Å². The molecule has 1 unspecified atom stereocenters. The van der Waals surface area contributed by atoms with Gasteiger partial charge in [-0.3, -0.25) is 0 Å². The zero-order chi connectivity index (χ0) is 15.7. The molecule has 0 saturated carbocycles. The van der Waals surface area contributed by atoms with Crippen LogP contribution in [0.3, 0.4) is 0 Å². The maximum atomic E-state index is 12.3. The molecule has 0 aliphatic heterocycles. The summed E-state index contributed by atoms with van der Waals surface area (Å²) in [6, 6.07) is 3.63. The van der Waals surface area contributed by atoms with E-state index in [1.54, 1.807) is 6.07 Å². The molecule has 0 bridgehead atoms. The van der Waals surface area contributed by atoms with E-state index in [2.05, 4.69) is 23.9 Å². The van der Waals surface area contributed by atoms with Gasteiger partial charge in [0.2, 0.25) is 10.0 Å². The van der Waals surface area contributed by atoms with E-state index in [1.807, 2.05) is 13.0 Å². The average molecular weight is 333 g/mol. The summed E-state index contributed by atoms with van der Waals surface area (Å²) < 4.78 is 27.7. The Bertz CT molecular complexity index is 498. The second kappa shape index (κ2) is 9.56. The van der Waals surface area contributed by atoms with Crippen molar-refractivity contribution >= 4 is 21.4 Å². The lowest BCUT2D eigenvalue weighted by molar-refractivity contribution is 0.535. The SMILES string of the molecule is CCCCC(C)NS(=O)(=O)c1ccc(CCNCCC)s1. The van der Waals surface area contributed by atoms with Crippen molar-refractivity contribution in [3.63, 3.8) is 0 Å². The van der Waals surface area contributed by atoms with Crippen LogP contribution in [0.15, 0.2) is 16.3 Å². The van der Waals surface area contributed by atoms with Crippen molar-refractivity contribution in [2.24, 2.45) is 0 Å². The summed E-state index contributed by atoms with van der Waals surface area (Å²) in [5, 5.41) is 3.33. The van der Waals surface area contributed by atoms with E-state index in [0.717, 1.165) is 50.1 Å². The fourth-order valence-corrected chi connectivity index (χ4v) is 4.69. The molecule has 0 radical (unpaired) electrons. The van der Waals surface area contributed by atoms with Crippen LogP contribution in [-0.2, 0) is 16.4 Å². The number of rotatable bonds is 11. The predicted molar refractivity (Wildman–Crippen MR) is 90.5 cm³/mol. The van der Waals surface area contributed by atoms with E-state index in [1.165, 1.54) is 11.3 Å². The molecule has 2 N–H and O–H groups in total. The van der Waals surface area contributed by atoms with Gasteiger partial charge in [-0.25, -0.2) is 13.1 Å². The van der Waals surface area contributed by atoms with Crippen LogP contribution in [0.5, 0.6) is 0 Å². The molecule has 0 spiro atoms. The molecule has 6 heteroatoms. The van der Waals surface area contributed by atoms with Gasteiger partial charge in [0.05, 0.1) is 0 Å². The second-order valence-electron chi connectivity index (χ2n) is 5.39. The highest BCUT2D eigenvalue weighted by molar-refractivity contribution is 7.91. The van der Waals surface area contributed by atoms with Crippen molar-refractivity contribution in [1.29, 1.82) is 0 Å². The standard InChI is InChI=1S/C15H28N2O2S2/c1-4-6-7-13(3)17-21(18,19)15-9-8-14(20-15)10-12-16-11-5-2/h8-9,13,16-17H,4-7,10-12H2,1-3H3. The highest BCUT2D eigenvalue weighted by atomic mass is 32.2. The quantitative estimate of drug-likeness (QED) is 0.612. The molecule has 0 saturated heterocycles. The van der Waals surface area contributed by atoms with Gasteiger partial charge in [0.15, 0.2) is 0 Å². The summed E-state index contributed by atoms with van der Waals surface area (Å²) in [6.07, 6.45) is 5.01.